The van der Waals surface area contributed by atoms with E-state index in [1.54, 1.807) is 0 Å². The minimum Gasteiger partial charge on any atom is -0.378 e. The van der Waals surface area contributed by atoms with Gasteiger partial charge in [-0.05, 0) is 31.2 Å². The maximum atomic E-state index is 12.4. The molecule has 0 saturated heterocycles. The number of ether oxygens (including phenoxy) is 1. The molecule has 0 spiro atoms. The molecule has 1 fully saturated rings. The largest absolute Gasteiger partial charge is 0.378 e. The summed E-state index contributed by atoms with van der Waals surface area (Å²) in [6, 6.07) is 10.1. The summed E-state index contributed by atoms with van der Waals surface area (Å²) in [5, 5.41) is 3.08. The van der Waals surface area contributed by atoms with E-state index < -0.39 is 0 Å². The Morgan fingerprint density at radius 3 is 2.65 bits per heavy atom. The number of carbonyl (C=O) groups excluding carboxylic acids is 1. The third-order valence-corrected chi connectivity index (χ3v) is 4.62. The standard InChI is InChI=1S/C20H31NO2/c1-2-10-19(17-11-5-3-6-12-17)20(22)21-15-9-16-23-18-13-7-4-8-14-18/h3,5-6,11-12,18-19H,2,4,7-10,13-16H2,1H3,(H,21,22). The molecule has 1 amide bonds. The summed E-state index contributed by atoms with van der Waals surface area (Å²) in [4.78, 5) is 12.4. The minimum atomic E-state index is -0.0273. The Balaban J connectivity index is 1.67. The van der Waals surface area contributed by atoms with Crippen LogP contribution in [0.1, 0.15) is 69.8 Å². The maximum Gasteiger partial charge on any atom is 0.227 e. The molecule has 1 atom stereocenters. The SMILES string of the molecule is CCCC(C(=O)NCCCOC1CCCCC1)c1ccccc1. The van der Waals surface area contributed by atoms with Gasteiger partial charge in [-0.15, -0.1) is 0 Å². The van der Waals surface area contributed by atoms with Crippen molar-refractivity contribution >= 4 is 5.91 Å². The number of carbonyl (C=O) groups is 1. The summed E-state index contributed by atoms with van der Waals surface area (Å²) >= 11 is 0. The molecule has 3 heteroatoms. The Labute approximate surface area is 140 Å². The lowest BCUT2D eigenvalue weighted by atomic mass is 9.93. The van der Waals surface area contributed by atoms with Crippen LogP contribution < -0.4 is 5.32 Å². The summed E-state index contributed by atoms with van der Waals surface area (Å²) in [5.74, 6) is 0.121. The number of rotatable bonds is 9. The molecule has 1 saturated carbocycles. The van der Waals surface area contributed by atoms with E-state index in [9.17, 15) is 4.79 Å². The second-order valence-corrected chi connectivity index (χ2v) is 6.53. The van der Waals surface area contributed by atoms with Crippen LogP contribution >= 0.6 is 0 Å². The van der Waals surface area contributed by atoms with Crippen molar-refractivity contribution in [3.05, 3.63) is 35.9 Å². The number of hydrogen-bond donors (Lipinski definition) is 1. The zero-order chi connectivity index (χ0) is 16.3. The smallest absolute Gasteiger partial charge is 0.227 e. The van der Waals surface area contributed by atoms with Crippen LogP contribution in [-0.2, 0) is 9.53 Å². The van der Waals surface area contributed by atoms with E-state index >= 15 is 0 Å². The summed E-state index contributed by atoms with van der Waals surface area (Å²) in [6.07, 6.45) is 9.64. The highest BCUT2D eigenvalue weighted by Gasteiger charge is 2.19. The van der Waals surface area contributed by atoms with Gasteiger partial charge in [-0.3, -0.25) is 4.79 Å². The molecule has 3 nitrogen and oxygen atoms in total. The first-order valence-electron chi connectivity index (χ1n) is 9.25. The van der Waals surface area contributed by atoms with Gasteiger partial charge in [-0.25, -0.2) is 0 Å². The second kappa shape index (κ2) is 10.4. The molecule has 128 valence electrons. The summed E-state index contributed by atoms with van der Waals surface area (Å²) in [6.45, 7) is 3.59. The molecule has 1 aliphatic rings. The van der Waals surface area contributed by atoms with Crippen molar-refractivity contribution in [3.8, 4) is 0 Å². The van der Waals surface area contributed by atoms with Crippen LogP contribution in [0.25, 0.3) is 0 Å². The quantitative estimate of drug-likeness (QED) is 0.684. The molecule has 0 bridgehead atoms. The third-order valence-electron chi connectivity index (χ3n) is 4.62. The molecule has 2 rings (SSSR count). The third kappa shape index (κ3) is 6.34. The highest BCUT2D eigenvalue weighted by Crippen LogP contribution is 2.22. The van der Waals surface area contributed by atoms with Crippen LogP contribution in [0.15, 0.2) is 30.3 Å². The van der Waals surface area contributed by atoms with Gasteiger partial charge < -0.3 is 10.1 Å². The van der Waals surface area contributed by atoms with Crippen molar-refractivity contribution in [1.82, 2.24) is 5.32 Å². The zero-order valence-electron chi connectivity index (χ0n) is 14.4. The molecule has 0 radical (unpaired) electrons. The molecule has 1 aliphatic carbocycles. The Bertz CT molecular complexity index is 440. The summed E-state index contributed by atoms with van der Waals surface area (Å²) in [7, 11) is 0. The van der Waals surface area contributed by atoms with Crippen LogP contribution in [0.4, 0.5) is 0 Å². The number of benzene rings is 1. The van der Waals surface area contributed by atoms with Gasteiger partial charge in [0.15, 0.2) is 0 Å². The molecule has 1 unspecified atom stereocenters. The van der Waals surface area contributed by atoms with Crippen molar-refractivity contribution in [3.63, 3.8) is 0 Å². The van der Waals surface area contributed by atoms with E-state index in [0.717, 1.165) is 31.4 Å². The zero-order valence-corrected chi connectivity index (χ0v) is 14.4. The first kappa shape index (κ1) is 18.0. The Hall–Kier alpha value is -1.35. The van der Waals surface area contributed by atoms with E-state index in [1.807, 2.05) is 30.3 Å². The Kier molecular flexibility index (Phi) is 8.16. The fourth-order valence-electron chi connectivity index (χ4n) is 3.31. The van der Waals surface area contributed by atoms with Gasteiger partial charge in [0, 0.05) is 13.2 Å². The molecule has 0 aliphatic heterocycles. The van der Waals surface area contributed by atoms with Crippen molar-refractivity contribution in [1.29, 1.82) is 0 Å². The molecule has 1 aromatic rings. The predicted octanol–water partition coefficient (Wildman–Crippen LogP) is 4.43. The fraction of sp³-hybridized carbons (Fsp3) is 0.650. The normalized spacial score (nSPS) is 16.9. The average molecular weight is 317 g/mol. The van der Waals surface area contributed by atoms with Gasteiger partial charge in [0.2, 0.25) is 5.91 Å². The van der Waals surface area contributed by atoms with Gasteiger partial charge in [0.05, 0.1) is 12.0 Å². The molecule has 0 heterocycles. The average Bonchev–Trinajstić information content (AvgIpc) is 2.61. The summed E-state index contributed by atoms with van der Waals surface area (Å²) in [5.41, 5.74) is 1.12. The lowest BCUT2D eigenvalue weighted by Gasteiger charge is -2.22. The van der Waals surface area contributed by atoms with E-state index in [-0.39, 0.29) is 11.8 Å². The maximum absolute atomic E-state index is 12.4. The number of nitrogens with one attached hydrogen (secondary N) is 1. The first-order chi connectivity index (χ1) is 11.3. The van der Waals surface area contributed by atoms with Gasteiger partial charge >= 0.3 is 0 Å². The molecule has 1 aromatic carbocycles. The van der Waals surface area contributed by atoms with Gasteiger partial charge in [0.1, 0.15) is 0 Å². The lowest BCUT2D eigenvalue weighted by molar-refractivity contribution is -0.122. The molecular weight excluding hydrogens is 286 g/mol. The molecular formula is C20H31NO2. The van der Waals surface area contributed by atoms with Gasteiger partial charge in [-0.1, -0.05) is 62.9 Å². The highest BCUT2D eigenvalue weighted by atomic mass is 16.5. The fourth-order valence-corrected chi connectivity index (χ4v) is 3.31. The summed E-state index contributed by atoms with van der Waals surface area (Å²) < 4.78 is 5.91. The van der Waals surface area contributed by atoms with Crippen molar-refractivity contribution < 1.29 is 9.53 Å². The van der Waals surface area contributed by atoms with E-state index in [4.69, 9.17) is 4.74 Å². The van der Waals surface area contributed by atoms with Crippen LogP contribution in [-0.4, -0.2) is 25.2 Å². The van der Waals surface area contributed by atoms with Crippen LogP contribution in [0.5, 0.6) is 0 Å². The van der Waals surface area contributed by atoms with Crippen molar-refractivity contribution in [2.75, 3.05) is 13.2 Å². The van der Waals surface area contributed by atoms with Crippen molar-refractivity contribution in [2.24, 2.45) is 0 Å². The van der Waals surface area contributed by atoms with Crippen LogP contribution in [0.2, 0.25) is 0 Å². The monoisotopic (exact) mass is 317 g/mol. The first-order valence-corrected chi connectivity index (χ1v) is 9.25. The van der Waals surface area contributed by atoms with Crippen LogP contribution in [0.3, 0.4) is 0 Å². The number of amides is 1. The Morgan fingerprint density at radius 2 is 1.96 bits per heavy atom. The Morgan fingerprint density at radius 1 is 1.22 bits per heavy atom. The topological polar surface area (TPSA) is 38.3 Å². The number of hydrogen-bond acceptors (Lipinski definition) is 2. The van der Waals surface area contributed by atoms with Gasteiger partial charge in [0.25, 0.3) is 0 Å². The second-order valence-electron chi connectivity index (χ2n) is 6.53. The van der Waals surface area contributed by atoms with E-state index in [2.05, 4.69) is 12.2 Å². The minimum absolute atomic E-state index is 0.0273. The molecule has 0 aromatic heterocycles. The van der Waals surface area contributed by atoms with Gasteiger partial charge in [-0.2, -0.15) is 0 Å². The highest BCUT2D eigenvalue weighted by molar-refractivity contribution is 5.83. The molecule has 23 heavy (non-hydrogen) atoms. The molecule has 1 N–H and O–H groups in total. The predicted molar refractivity (Wildman–Crippen MR) is 94.5 cm³/mol. The van der Waals surface area contributed by atoms with E-state index in [1.165, 1.54) is 32.1 Å². The lowest BCUT2D eigenvalue weighted by Crippen LogP contribution is -2.31. The van der Waals surface area contributed by atoms with E-state index in [0.29, 0.717) is 12.6 Å². The van der Waals surface area contributed by atoms with Crippen molar-refractivity contribution in [2.45, 2.75) is 70.3 Å². The van der Waals surface area contributed by atoms with Crippen LogP contribution in [0, 0.1) is 0 Å².